The Kier molecular flexibility index (Phi) is 5.20. The zero-order valence-electron chi connectivity index (χ0n) is 12.5. The molecule has 19 heavy (non-hydrogen) atoms. The molecular weight excluding hydrogens is 236 g/mol. The standard InChI is InChI=1S/C15H28N4/c1-3-15(13-16,17-2)7-4-8-18-9-11-19(12-10-18)14-5-6-14/h14,17H,3-12H2,1-2H3. The van der Waals surface area contributed by atoms with Crippen LogP contribution in [-0.4, -0.2) is 61.2 Å². The highest BCUT2D eigenvalue weighted by Crippen LogP contribution is 2.27. The lowest BCUT2D eigenvalue weighted by Crippen LogP contribution is -2.48. The van der Waals surface area contributed by atoms with E-state index in [2.05, 4.69) is 28.1 Å². The quantitative estimate of drug-likeness (QED) is 0.755. The molecule has 0 spiro atoms. The van der Waals surface area contributed by atoms with Crippen LogP contribution in [0.4, 0.5) is 0 Å². The molecule has 4 heteroatoms. The predicted octanol–water partition coefficient (Wildman–Crippen LogP) is 1.44. The number of hydrogen-bond acceptors (Lipinski definition) is 4. The summed E-state index contributed by atoms with van der Waals surface area (Å²) in [5.74, 6) is 0. The van der Waals surface area contributed by atoms with E-state index in [1.165, 1.54) is 39.0 Å². The van der Waals surface area contributed by atoms with Crippen LogP contribution in [0.15, 0.2) is 0 Å². The third-order valence-electron chi connectivity index (χ3n) is 4.84. The van der Waals surface area contributed by atoms with Crippen molar-refractivity contribution in [2.45, 2.75) is 50.6 Å². The van der Waals surface area contributed by atoms with E-state index in [0.29, 0.717) is 0 Å². The second kappa shape index (κ2) is 6.69. The molecule has 1 saturated heterocycles. The molecule has 1 atom stereocenters. The van der Waals surface area contributed by atoms with Gasteiger partial charge in [-0.2, -0.15) is 5.26 Å². The van der Waals surface area contributed by atoms with Gasteiger partial charge in [0.25, 0.3) is 0 Å². The van der Waals surface area contributed by atoms with Crippen LogP contribution in [0.25, 0.3) is 0 Å². The second-order valence-electron chi connectivity index (χ2n) is 6.01. The molecule has 0 radical (unpaired) electrons. The molecule has 0 bridgehead atoms. The molecule has 0 aromatic heterocycles. The van der Waals surface area contributed by atoms with E-state index in [0.717, 1.165) is 31.8 Å². The van der Waals surface area contributed by atoms with Gasteiger partial charge in [0.1, 0.15) is 5.54 Å². The summed E-state index contributed by atoms with van der Waals surface area (Å²) in [6.07, 6.45) is 5.80. The summed E-state index contributed by atoms with van der Waals surface area (Å²) in [4.78, 5) is 5.21. The Morgan fingerprint density at radius 1 is 1.26 bits per heavy atom. The molecular formula is C15H28N4. The lowest BCUT2D eigenvalue weighted by molar-refractivity contribution is 0.123. The van der Waals surface area contributed by atoms with Crippen LogP contribution in [0.1, 0.15) is 39.0 Å². The third-order valence-corrected chi connectivity index (χ3v) is 4.84. The molecule has 1 aliphatic carbocycles. The van der Waals surface area contributed by atoms with E-state index < -0.39 is 0 Å². The van der Waals surface area contributed by atoms with Gasteiger partial charge in [0.2, 0.25) is 0 Å². The lowest BCUT2D eigenvalue weighted by Gasteiger charge is -2.35. The molecule has 2 aliphatic rings. The van der Waals surface area contributed by atoms with Crippen LogP contribution in [0.3, 0.4) is 0 Å². The van der Waals surface area contributed by atoms with Gasteiger partial charge in [-0.15, -0.1) is 0 Å². The summed E-state index contributed by atoms with van der Waals surface area (Å²) in [5, 5.41) is 12.5. The van der Waals surface area contributed by atoms with Gasteiger partial charge in [-0.25, -0.2) is 0 Å². The molecule has 0 aromatic rings. The zero-order valence-corrected chi connectivity index (χ0v) is 12.5. The number of hydrogen-bond donors (Lipinski definition) is 1. The fraction of sp³-hybridized carbons (Fsp3) is 0.933. The highest BCUT2D eigenvalue weighted by molar-refractivity contribution is 5.05. The molecule has 1 saturated carbocycles. The monoisotopic (exact) mass is 264 g/mol. The van der Waals surface area contributed by atoms with E-state index in [4.69, 9.17) is 0 Å². The van der Waals surface area contributed by atoms with E-state index in [-0.39, 0.29) is 5.54 Å². The highest BCUT2D eigenvalue weighted by Gasteiger charge is 2.31. The van der Waals surface area contributed by atoms with E-state index >= 15 is 0 Å². The van der Waals surface area contributed by atoms with Crippen molar-refractivity contribution in [1.29, 1.82) is 5.26 Å². The first kappa shape index (κ1) is 14.8. The van der Waals surface area contributed by atoms with Crippen molar-refractivity contribution < 1.29 is 0 Å². The molecule has 1 aliphatic heterocycles. The maximum Gasteiger partial charge on any atom is 0.106 e. The maximum absolute atomic E-state index is 9.28. The van der Waals surface area contributed by atoms with Crippen molar-refractivity contribution in [3.05, 3.63) is 0 Å². The van der Waals surface area contributed by atoms with E-state index in [9.17, 15) is 5.26 Å². The molecule has 1 unspecified atom stereocenters. The minimum atomic E-state index is -0.310. The van der Waals surface area contributed by atoms with E-state index in [1.54, 1.807) is 0 Å². The summed E-state index contributed by atoms with van der Waals surface area (Å²) >= 11 is 0. The minimum absolute atomic E-state index is 0.310. The number of piperazine rings is 1. The number of nitrogens with zero attached hydrogens (tertiary/aromatic N) is 3. The van der Waals surface area contributed by atoms with Crippen molar-refractivity contribution in [3.63, 3.8) is 0 Å². The van der Waals surface area contributed by atoms with Gasteiger partial charge in [-0.1, -0.05) is 6.92 Å². The Bertz CT molecular complexity index is 307. The Hall–Kier alpha value is -0.630. The van der Waals surface area contributed by atoms with Gasteiger partial charge in [0.05, 0.1) is 6.07 Å². The molecule has 4 nitrogen and oxygen atoms in total. The third kappa shape index (κ3) is 3.92. The maximum atomic E-state index is 9.28. The number of nitrogens with one attached hydrogen (secondary N) is 1. The van der Waals surface area contributed by atoms with Gasteiger partial charge >= 0.3 is 0 Å². The molecule has 108 valence electrons. The van der Waals surface area contributed by atoms with Gasteiger partial charge in [-0.3, -0.25) is 4.90 Å². The average molecular weight is 264 g/mol. The van der Waals surface area contributed by atoms with Gasteiger partial charge in [-0.05, 0) is 45.7 Å². The molecule has 0 aromatic carbocycles. The van der Waals surface area contributed by atoms with Crippen molar-refractivity contribution in [3.8, 4) is 6.07 Å². The van der Waals surface area contributed by atoms with Crippen molar-refractivity contribution in [2.75, 3.05) is 39.8 Å². The predicted molar refractivity (Wildman–Crippen MR) is 78.0 cm³/mol. The first-order chi connectivity index (χ1) is 9.23. The smallest absolute Gasteiger partial charge is 0.106 e. The molecule has 2 fully saturated rings. The average Bonchev–Trinajstić information content (AvgIpc) is 3.30. The van der Waals surface area contributed by atoms with Gasteiger partial charge in [0.15, 0.2) is 0 Å². The SMILES string of the molecule is CCC(C#N)(CCCN1CCN(C2CC2)CC1)NC. The summed E-state index contributed by atoms with van der Waals surface area (Å²) in [5.41, 5.74) is -0.310. The molecule has 2 rings (SSSR count). The fourth-order valence-corrected chi connectivity index (χ4v) is 3.07. The van der Waals surface area contributed by atoms with Crippen LogP contribution in [0.5, 0.6) is 0 Å². The molecule has 0 amide bonds. The summed E-state index contributed by atoms with van der Waals surface area (Å²) < 4.78 is 0. The van der Waals surface area contributed by atoms with Crippen LogP contribution in [0.2, 0.25) is 0 Å². The number of nitriles is 1. The van der Waals surface area contributed by atoms with Crippen LogP contribution >= 0.6 is 0 Å². The second-order valence-corrected chi connectivity index (χ2v) is 6.01. The number of rotatable bonds is 7. The summed E-state index contributed by atoms with van der Waals surface area (Å²) in [6, 6.07) is 3.36. The van der Waals surface area contributed by atoms with Crippen molar-refractivity contribution in [1.82, 2.24) is 15.1 Å². The Balaban J connectivity index is 1.64. The molecule has 1 heterocycles. The van der Waals surface area contributed by atoms with Crippen molar-refractivity contribution >= 4 is 0 Å². The Labute approximate surface area is 117 Å². The fourth-order valence-electron chi connectivity index (χ4n) is 3.07. The van der Waals surface area contributed by atoms with Crippen molar-refractivity contribution in [2.24, 2.45) is 0 Å². The largest absolute Gasteiger partial charge is 0.302 e. The first-order valence-corrected chi connectivity index (χ1v) is 7.79. The normalized spacial score (nSPS) is 24.9. The lowest BCUT2D eigenvalue weighted by atomic mass is 9.92. The van der Waals surface area contributed by atoms with Crippen LogP contribution < -0.4 is 5.32 Å². The highest BCUT2D eigenvalue weighted by atomic mass is 15.3. The Morgan fingerprint density at radius 2 is 1.95 bits per heavy atom. The van der Waals surface area contributed by atoms with Crippen LogP contribution in [-0.2, 0) is 0 Å². The minimum Gasteiger partial charge on any atom is -0.302 e. The summed E-state index contributed by atoms with van der Waals surface area (Å²) in [7, 11) is 1.90. The Morgan fingerprint density at radius 3 is 2.42 bits per heavy atom. The summed E-state index contributed by atoms with van der Waals surface area (Å²) in [6.45, 7) is 8.14. The molecule has 1 N–H and O–H groups in total. The van der Waals surface area contributed by atoms with Gasteiger partial charge < -0.3 is 10.2 Å². The first-order valence-electron chi connectivity index (χ1n) is 7.79. The topological polar surface area (TPSA) is 42.3 Å². The van der Waals surface area contributed by atoms with Crippen LogP contribution in [0, 0.1) is 11.3 Å². The zero-order chi connectivity index (χ0) is 13.7. The van der Waals surface area contributed by atoms with Gasteiger partial charge in [0, 0.05) is 32.2 Å². The van der Waals surface area contributed by atoms with E-state index in [1.807, 2.05) is 7.05 Å².